The van der Waals surface area contributed by atoms with Crippen molar-refractivity contribution < 1.29 is 9.85 Å². The van der Waals surface area contributed by atoms with Crippen LogP contribution >= 0.6 is 0 Å². The van der Waals surface area contributed by atoms with Crippen LogP contribution in [0.1, 0.15) is 5.69 Å². The molecule has 0 amide bonds. The van der Waals surface area contributed by atoms with Gasteiger partial charge in [-0.1, -0.05) is 0 Å². The lowest BCUT2D eigenvalue weighted by molar-refractivity contribution is -0.384. The molecule has 3 rings (SSSR count). The Kier molecular flexibility index (Phi) is 2.61. The highest BCUT2D eigenvalue weighted by atomic mass is 16.6. The van der Waals surface area contributed by atoms with Crippen LogP contribution in [0, 0.1) is 27.2 Å². The number of H-pyrrole nitrogens is 1. The Bertz CT molecular complexity index is 881. The van der Waals surface area contributed by atoms with Crippen molar-refractivity contribution in [1.29, 1.82) is 0 Å². The lowest BCUT2D eigenvalue weighted by Gasteiger charge is -1.98. The molecule has 1 N–H and O–H groups in total. The highest BCUT2D eigenvalue weighted by Crippen LogP contribution is 2.28. The third-order valence-corrected chi connectivity index (χ3v) is 2.90. The van der Waals surface area contributed by atoms with E-state index in [4.69, 9.17) is 0 Å². The first kappa shape index (κ1) is 12.7. The smallest absolute Gasteiger partial charge is 0.271 e. The van der Waals surface area contributed by atoms with Crippen LogP contribution in [0.5, 0.6) is 0 Å². The minimum atomic E-state index is -0.584. The third-order valence-electron chi connectivity index (χ3n) is 2.90. The van der Waals surface area contributed by atoms with E-state index in [0.29, 0.717) is 5.56 Å². The minimum Gasteiger partial charge on any atom is -0.271 e. The Labute approximate surface area is 115 Å². The highest BCUT2D eigenvalue weighted by Gasteiger charge is 2.24. The number of nitro groups is 2. The summed E-state index contributed by atoms with van der Waals surface area (Å²) in [5, 5.41) is 32.0. The number of nitrogens with zero attached hydrogens (tertiary/aromatic N) is 6. The molecule has 0 fully saturated rings. The fourth-order valence-corrected chi connectivity index (χ4v) is 2.01. The first-order valence-corrected chi connectivity index (χ1v) is 5.66. The Hall–Kier alpha value is -3.37. The molecule has 0 bridgehead atoms. The largest absolute Gasteiger partial charge is 0.336 e. The van der Waals surface area contributed by atoms with Gasteiger partial charge in [-0.25, -0.2) is 9.50 Å². The molecule has 0 saturated carbocycles. The van der Waals surface area contributed by atoms with Gasteiger partial charge in [0.2, 0.25) is 5.65 Å². The van der Waals surface area contributed by atoms with Crippen LogP contribution in [0.25, 0.3) is 16.9 Å². The zero-order valence-corrected chi connectivity index (χ0v) is 10.5. The molecule has 0 unspecified atom stereocenters. The van der Waals surface area contributed by atoms with Crippen molar-refractivity contribution in [3.63, 3.8) is 0 Å². The van der Waals surface area contributed by atoms with Gasteiger partial charge >= 0.3 is 11.4 Å². The molecule has 106 valence electrons. The Morgan fingerprint density at radius 3 is 2.67 bits per heavy atom. The number of nitrogens with one attached hydrogen (secondary N) is 1. The van der Waals surface area contributed by atoms with Crippen LogP contribution in [0.15, 0.2) is 18.6 Å². The van der Waals surface area contributed by atoms with Gasteiger partial charge in [-0.2, -0.15) is 10.2 Å². The maximum Gasteiger partial charge on any atom is 0.336 e. The number of hydrogen-bond donors (Lipinski definition) is 1. The average Bonchev–Trinajstić information content (AvgIpc) is 2.99. The summed E-state index contributed by atoms with van der Waals surface area (Å²) in [6, 6.07) is 0. The van der Waals surface area contributed by atoms with Gasteiger partial charge in [-0.15, -0.1) is 0 Å². The van der Waals surface area contributed by atoms with Crippen molar-refractivity contribution in [2.75, 3.05) is 0 Å². The second-order valence-electron chi connectivity index (χ2n) is 4.19. The number of hydrogen-bond acceptors (Lipinski definition) is 7. The van der Waals surface area contributed by atoms with Crippen LogP contribution in [-0.4, -0.2) is 34.6 Å². The van der Waals surface area contributed by atoms with E-state index in [9.17, 15) is 20.2 Å². The van der Waals surface area contributed by atoms with Crippen molar-refractivity contribution in [3.8, 4) is 11.3 Å². The molecule has 3 heterocycles. The Morgan fingerprint density at radius 2 is 2.00 bits per heavy atom. The van der Waals surface area contributed by atoms with E-state index in [1.807, 2.05) is 0 Å². The van der Waals surface area contributed by atoms with Gasteiger partial charge in [0.05, 0.1) is 9.85 Å². The molecular weight excluding hydrogens is 282 g/mol. The molecule has 0 saturated heterocycles. The predicted molar refractivity (Wildman–Crippen MR) is 68.6 cm³/mol. The molecule has 0 radical (unpaired) electrons. The van der Waals surface area contributed by atoms with Gasteiger partial charge in [0, 0.05) is 18.0 Å². The van der Waals surface area contributed by atoms with Gasteiger partial charge < -0.3 is 0 Å². The van der Waals surface area contributed by atoms with Crippen LogP contribution in [0.4, 0.5) is 11.4 Å². The van der Waals surface area contributed by atoms with E-state index in [2.05, 4.69) is 20.3 Å². The summed E-state index contributed by atoms with van der Waals surface area (Å²) < 4.78 is 1.22. The molecule has 0 aliphatic carbocycles. The van der Waals surface area contributed by atoms with Crippen molar-refractivity contribution in [3.05, 3.63) is 44.5 Å². The van der Waals surface area contributed by atoms with Crippen LogP contribution in [0.3, 0.4) is 0 Å². The molecule has 11 nitrogen and oxygen atoms in total. The van der Waals surface area contributed by atoms with Gasteiger partial charge in [0.15, 0.2) is 0 Å². The van der Waals surface area contributed by atoms with E-state index in [1.54, 1.807) is 0 Å². The van der Waals surface area contributed by atoms with Gasteiger partial charge in [0.1, 0.15) is 17.6 Å². The van der Waals surface area contributed by atoms with Crippen molar-refractivity contribution in [2.24, 2.45) is 0 Å². The molecule has 0 aliphatic rings. The number of fused-ring (bicyclic) bond motifs is 1. The van der Waals surface area contributed by atoms with Crippen LogP contribution < -0.4 is 0 Å². The summed E-state index contributed by atoms with van der Waals surface area (Å²) in [5.41, 5.74) is 0.386. The maximum atomic E-state index is 11.0. The number of aromatic amines is 1. The SMILES string of the molecule is Cc1nn2cc(-c3[nH]ncc3[N+](=O)[O-])cnc2c1[N+](=O)[O-]. The third kappa shape index (κ3) is 1.87. The lowest BCUT2D eigenvalue weighted by Crippen LogP contribution is -1.95. The van der Waals surface area contributed by atoms with E-state index in [0.717, 1.165) is 6.20 Å². The fourth-order valence-electron chi connectivity index (χ4n) is 2.01. The topological polar surface area (TPSA) is 145 Å². The van der Waals surface area contributed by atoms with Crippen molar-refractivity contribution in [2.45, 2.75) is 6.92 Å². The summed E-state index contributed by atoms with van der Waals surface area (Å²) >= 11 is 0. The van der Waals surface area contributed by atoms with Gasteiger partial charge in [0.25, 0.3) is 0 Å². The summed E-state index contributed by atoms with van der Waals surface area (Å²) in [7, 11) is 0. The summed E-state index contributed by atoms with van der Waals surface area (Å²) in [6.45, 7) is 1.49. The van der Waals surface area contributed by atoms with Gasteiger partial charge in [-0.05, 0) is 6.92 Å². The molecule has 21 heavy (non-hydrogen) atoms. The summed E-state index contributed by atoms with van der Waals surface area (Å²) in [4.78, 5) is 24.7. The van der Waals surface area contributed by atoms with E-state index < -0.39 is 9.85 Å². The first-order chi connectivity index (χ1) is 9.99. The molecule has 3 aromatic heterocycles. The number of aromatic nitrogens is 5. The average molecular weight is 289 g/mol. The normalized spacial score (nSPS) is 10.9. The zero-order valence-electron chi connectivity index (χ0n) is 10.5. The highest BCUT2D eigenvalue weighted by molar-refractivity contribution is 5.70. The summed E-state index contributed by atoms with van der Waals surface area (Å²) in [6.07, 6.45) is 3.79. The van der Waals surface area contributed by atoms with E-state index in [1.165, 1.54) is 23.8 Å². The standard InChI is InChI=1S/C10H7N7O4/c1-5-9(17(20)21)10-11-2-6(4-15(10)14-5)8-7(16(18)19)3-12-13-8/h2-4H,1H3,(H,12,13). The predicted octanol–water partition coefficient (Wildman–Crippen LogP) is 1.24. The van der Waals surface area contributed by atoms with Crippen LogP contribution in [0.2, 0.25) is 0 Å². The van der Waals surface area contributed by atoms with Gasteiger partial charge in [-0.3, -0.25) is 25.3 Å². The lowest BCUT2D eigenvalue weighted by atomic mass is 10.2. The van der Waals surface area contributed by atoms with Crippen molar-refractivity contribution in [1.82, 2.24) is 24.8 Å². The number of aryl methyl sites for hydroxylation is 1. The minimum absolute atomic E-state index is 0.0726. The van der Waals surface area contributed by atoms with Crippen molar-refractivity contribution >= 4 is 17.0 Å². The molecule has 11 heteroatoms. The Balaban J connectivity index is 2.21. The fraction of sp³-hybridized carbons (Fsp3) is 0.100. The quantitative estimate of drug-likeness (QED) is 0.563. The zero-order chi connectivity index (χ0) is 15.1. The maximum absolute atomic E-state index is 11.0. The molecule has 0 spiro atoms. The molecular formula is C10H7N7O4. The molecule has 0 aliphatic heterocycles. The first-order valence-electron chi connectivity index (χ1n) is 5.66. The summed E-state index contributed by atoms with van der Waals surface area (Å²) in [5.74, 6) is 0. The molecule has 0 aromatic carbocycles. The van der Waals surface area contributed by atoms with Crippen LogP contribution in [-0.2, 0) is 0 Å². The van der Waals surface area contributed by atoms with E-state index >= 15 is 0 Å². The number of rotatable bonds is 3. The second-order valence-corrected chi connectivity index (χ2v) is 4.19. The molecule has 3 aromatic rings. The second kappa shape index (κ2) is 4.33. The molecule has 0 atom stereocenters. The van der Waals surface area contributed by atoms with E-state index in [-0.39, 0.29) is 28.4 Å². The monoisotopic (exact) mass is 289 g/mol. The Morgan fingerprint density at radius 1 is 1.24 bits per heavy atom.